The highest BCUT2D eigenvalue weighted by atomic mass is 16.5. The zero-order chi connectivity index (χ0) is 15.1. The van der Waals surface area contributed by atoms with Crippen LogP contribution in [0.1, 0.15) is 38.3 Å². The molecule has 2 rings (SSSR count). The Morgan fingerprint density at radius 1 is 1.48 bits per heavy atom. The summed E-state index contributed by atoms with van der Waals surface area (Å²) in [5.41, 5.74) is 1.27. The average molecular weight is 295 g/mol. The highest BCUT2D eigenvalue weighted by molar-refractivity contribution is 5.66. The molecule has 1 fully saturated rings. The minimum absolute atomic E-state index is 0.0937. The van der Waals surface area contributed by atoms with E-state index in [-0.39, 0.29) is 12.5 Å². The molecule has 0 spiro atoms. The van der Waals surface area contributed by atoms with Crippen LogP contribution in [0.25, 0.3) is 0 Å². The van der Waals surface area contributed by atoms with Gasteiger partial charge in [0.15, 0.2) is 0 Å². The van der Waals surface area contributed by atoms with E-state index in [1.807, 2.05) is 6.20 Å². The van der Waals surface area contributed by atoms with E-state index in [2.05, 4.69) is 27.7 Å². The maximum absolute atomic E-state index is 10.5. The van der Waals surface area contributed by atoms with Crippen LogP contribution >= 0.6 is 0 Å². The Bertz CT molecular complexity index is 439. The topological polar surface area (TPSA) is 67.6 Å². The Hall–Kier alpha value is -1.40. The first-order valence-electron chi connectivity index (χ1n) is 7.75. The van der Waals surface area contributed by atoms with Gasteiger partial charge in [0.2, 0.25) is 0 Å². The van der Waals surface area contributed by atoms with Crippen molar-refractivity contribution in [2.24, 2.45) is 0 Å². The van der Waals surface area contributed by atoms with E-state index in [0.29, 0.717) is 6.61 Å². The van der Waals surface area contributed by atoms with E-state index < -0.39 is 5.97 Å². The Kier molecular flexibility index (Phi) is 6.20. The van der Waals surface area contributed by atoms with Gasteiger partial charge in [0.05, 0.1) is 24.8 Å². The molecule has 1 N–H and O–H groups in total. The number of piperidine rings is 1. The lowest BCUT2D eigenvalue weighted by molar-refractivity contribution is -0.138. The first-order chi connectivity index (χ1) is 10.2. The van der Waals surface area contributed by atoms with E-state index in [9.17, 15) is 4.79 Å². The summed E-state index contributed by atoms with van der Waals surface area (Å²) in [7, 11) is 0. The van der Waals surface area contributed by atoms with E-state index in [1.54, 1.807) is 0 Å². The smallest absolute Gasteiger partial charge is 0.305 e. The van der Waals surface area contributed by atoms with Gasteiger partial charge in [-0.15, -0.1) is 0 Å². The second kappa shape index (κ2) is 8.14. The van der Waals surface area contributed by atoms with E-state index in [0.717, 1.165) is 45.4 Å². The van der Waals surface area contributed by atoms with Gasteiger partial charge in [0, 0.05) is 32.4 Å². The molecule has 2 heterocycles. The molecule has 1 aromatic heterocycles. The third-order valence-corrected chi connectivity index (χ3v) is 3.83. The van der Waals surface area contributed by atoms with Crippen LogP contribution in [-0.4, -0.2) is 51.6 Å². The van der Waals surface area contributed by atoms with Crippen LogP contribution < -0.4 is 0 Å². The van der Waals surface area contributed by atoms with Crippen molar-refractivity contribution >= 4 is 5.97 Å². The van der Waals surface area contributed by atoms with Crippen molar-refractivity contribution in [3.8, 4) is 0 Å². The van der Waals surface area contributed by atoms with E-state index in [4.69, 9.17) is 9.84 Å². The molecule has 0 radical (unpaired) electrons. The van der Waals surface area contributed by atoms with Crippen molar-refractivity contribution in [1.29, 1.82) is 0 Å². The summed E-state index contributed by atoms with van der Waals surface area (Å²) in [6.07, 6.45) is 5.21. The number of aryl methyl sites for hydroxylation is 1. The molecule has 1 saturated heterocycles. The molecule has 1 aliphatic heterocycles. The lowest BCUT2D eigenvalue weighted by atomic mass is 10.1. The van der Waals surface area contributed by atoms with Crippen LogP contribution in [0.2, 0.25) is 0 Å². The number of likely N-dealkylation sites (tertiary alicyclic amines) is 1. The summed E-state index contributed by atoms with van der Waals surface area (Å²) in [5, 5.41) is 13.0. The number of aromatic nitrogens is 2. The first-order valence-corrected chi connectivity index (χ1v) is 7.75. The van der Waals surface area contributed by atoms with Gasteiger partial charge in [-0.25, -0.2) is 0 Å². The van der Waals surface area contributed by atoms with Gasteiger partial charge < -0.3 is 9.84 Å². The number of rotatable bonds is 8. The van der Waals surface area contributed by atoms with Crippen LogP contribution in [0, 0.1) is 0 Å². The van der Waals surface area contributed by atoms with Gasteiger partial charge in [-0.1, -0.05) is 6.92 Å². The SMILES string of the molecule is CCCn1nccc1CN1CCC(OCCC(=O)O)CC1. The minimum atomic E-state index is -0.795. The van der Waals surface area contributed by atoms with Crippen LogP contribution in [-0.2, 0) is 22.6 Å². The summed E-state index contributed by atoms with van der Waals surface area (Å²) >= 11 is 0. The van der Waals surface area contributed by atoms with Gasteiger partial charge in [-0.2, -0.15) is 5.10 Å². The maximum Gasteiger partial charge on any atom is 0.305 e. The molecule has 0 unspecified atom stereocenters. The Morgan fingerprint density at radius 2 is 2.24 bits per heavy atom. The van der Waals surface area contributed by atoms with Gasteiger partial charge >= 0.3 is 5.97 Å². The van der Waals surface area contributed by atoms with Crippen LogP contribution in [0.3, 0.4) is 0 Å². The van der Waals surface area contributed by atoms with Gasteiger partial charge in [0.25, 0.3) is 0 Å². The molecule has 6 heteroatoms. The molecule has 0 atom stereocenters. The van der Waals surface area contributed by atoms with Gasteiger partial charge in [-0.05, 0) is 25.3 Å². The van der Waals surface area contributed by atoms with Crippen LogP contribution in [0.5, 0.6) is 0 Å². The molecule has 1 aliphatic rings. The molecule has 0 amide bonds. The summed E-state index contributed by atoms with van der Waals surface area (Å²) in [5.74, 6) is -0.795. The monoisotopic (exact) mass is 295 g/mol. The van der Waals surface area contributed by atoms with Gasteiger partial charge in [-0.3, -0.25) is 14.4 Å². The Morgan fingerprint density at radius 3 is 2.90 bits per heavy atom. The number of ether oxygens (including phenoxy) is 1. The highest BCUT2D eigenvalue weighted by Crippen LogP contribution is 2.16. The standard InChI is InChI=1S/C15H25N3O3/c1-2-8-18-13(3-7-16-18)12-17-9-4-14(5-10-17)21-11-6-15(19)20/h3,7,14H,2,4-6,8-12H2,1H3,(H,19,20). The lowest BCUT2D eigenvalue weighted by Crippen LogP contribution is -2.37. The third-order valence-electron chi connectivity index (χ3n) is 3.83. The molecule has 118 valence electrons. The number of aliphatic carboxylic acids is 1. The number of carboxylic acids is 1. The van der Waals surface area contributed by atoms with Crippen LogP contribution in [0.4, 0.5) is 0 Å². The molecular weight excluding hydrogens is 270 g/mol. The summed E-state index contributed by atoms with van der Waals surface area (Å²) in [4.78, 5) is 12.9. The van der Waals surface area contributed by atoms with Crippen molar-refractivity contribution in [2.75, 3.05) is 19.7 Å². The van der Waals surface area contributed by atoms with Crippen molar-refractivity contribution < 1.29 is 14.6 Å². The Balaban J connectivity index is 1.71. The molecule has 0 saturated carbocycles. The maximum atomic E-state index is 10.5. The lowest BCUT2D eigenvalue weighted by Gasteiger charge is -2.31. The molecule has 0 bridgehead atoms. The van der Waals surface area contributed by atoms with E-state index >= 15 is 0 Å². The molecule has 1 aromatic rings. The van der Waals surface area contributed by atoms with E-state index in [1.165, 1.54) is 5.69 Å². The predicted molar refractivity (Wildman–Crippen MR) is 79.0 cm³/mol. The molecule has 0 aromatic carbocycles. The largest absolute Gasteiger partial charge is 0.481 e. The number of hydrogen-bond donors (Lipinski definition) is 1. The van der Waals surface area contributed by atoms with Crippen LogP contribution in [0.15, 0.2) is 12.3 Å². The second-order valence-electron chi connectivity index (χ2n) is 5.54. The second-order valence-corrected chi connectivity index (χ2v) is 5.54. The Labute approximate surface area is 125 Å². The zero-order valence-electron chi connectivity index (χ0n) is 12.7. The normalized spacial score (nSPS) is 17.2. The summed E-state index contributed by atoms with van der Waals surface area (Å²) < 4.78 is 7.69. The molecular formula is C15H25N3O3. The number of nitrogens with zero attached hydrogens (tertiary/aromatic N) is 3. The summed E-state index contributed by atoms with van der Waals surface area (Å²) in [6, 6.07) is 2.09. The fourth-order valence-corrected chi connectivity index (χ4v) is 2.68. The minimum Gasteiger partial charge on any atom is -0.481 e. The fourth-order valence-electron chi connectivity index (χ4n) is 2.68. The first kappa shape index (κ1) is 16.0. The molecule has 21 heavy (non-hydrogen) atoms. The highest BCUT2D eigenvalue weighted by Gasteiger charge is 2.20. The third kappa shape index (κ3) is 5.13. The predicted octanol–water partition coefficient (Wildman–Crippen LogP) is 1.75. The average Bonchev–Trinajstić information content (AvgIpc) is 2.88. The number of hydrogen-bond acceptors (Lipinski definition) is 4. The van der Waals surface area contributed by atoms with Crippen molar-refractivity contribution in [3.63, 3.8) is 0 Å². The zero-order valence-corrected chi connectivity index (χ0v) is 12.7. The van der Waals surface area contributed by atoms with Crippen molar-refractivity contribution in [1.82, 2.24) is 14.7 Å². The number of carbonyl (C=O) groups is 1. The van der Waals surface area contributed by atoms with Crippen molar-refractivity contribution in [2.45, 2.75) is 51.8 Å². The molecule has 0 aliphatic carbocycles. The quantitative estimate of drug-likeness (QED) is 0.791. The van der Waals surface area contributed by atoms with Crippen molar-refractivity contribution in [3.05, 3.63) is 18.0 Å². The molecule has 6 nitrogen and oxygen atoms in total. The summed E-state index contributed by atoms with van der Waals surface area (Å²) in [6.45, 7) is 6.37. The van der Waals surface area contributed by atoms with Gasteiger partial charge in [0.1, 0.15) is 0 Å². The fraction of sp³-hybridized carbons (Fsp3) is 0.733. The number of carboxylic acid groups (broad SMARTS) is 1.